The number of aryl methyl sites for hydroxylation is 2. The summed E-state index contributed by atoms with van der Waals surface area (Å²) >= 11 is 1.40. The van der Waals surface area contributed by atoms with Gasteiger partial charge in [0.1, 0.15) is 5.82 Å². The van der Waals surface area contributed by atoms with Gasteiger partial charge in [-0.25, -0.2) is 9.37 Å². The number of amides is 2. The number of aromatic nitrogens is 1. The molecule has 3 rings (SSSR count). The maximum atomic E-state index is 13.8. The fourth-order valence-electron chi connectivity index (χ4n) is 2.52. The number of nitrogens with zero attached hydrogens (tertiary/aromatic N) is 2. The molecular weight excluding hydrogens is 317 g/mol. The number of halogens is 1. The van der Waals surface area contributed by atoms with Crippen molar-refractivity contribution in [2.24, 2.45) is 5.92 Å². The lowest BCUT2D eigenvalue weighted by atomic mass is 10.1. The minimum Gasteiger partial charge on any atom is -0.309 e. The standard InChI is InChI=1S/C16H16FN3O2S/c1-9-10(2)23-16(18-9)19-15(22)11-7-14(21)20(8-11)13-6-4-3-5-12(13)17/h3-6,11H,7-8H2,1-2H3,(H,18,19,22). The van der Waals surface area contributed by atoms with Gasteiger partial charge in [0.05, 0.1) is 17.3 Å². The van der Waals surface area contributed by atoms with Crippen molar-refractivity contribution >= 4 is 34.0 Å². The van der Waals surface area contributed by atoms with Crippen molar-refractivity contribution in [3.8, 4) is 0 Å². The van der Waals surface area contributed by atoms with E-state index in [0.29, 0.717) is 5.13 Å². The first-order chi connectivity index (χ1) is 11.0. The van der Waals surface area contributed by atoms with Crippen molar-refractivity contribution in [3.05, 3.63) is 40.7 Å². The average molecular weight is 333 g/mol. The summed E-state index contributed by atoms with van der Waals surface area (Å²) in [6.45, 7) is 3.98. The van der Waals surface area contributed by atoms with Crippen molar-refractivity contribution in [2.75, 3.05) is 16.8 Å². The van der Waals surface area contributed by atoms with Crippen LogP contribution >= 0.6 is 11.3 Å². The van der Waals surface area contributed by atoms with Gasteiger partial charge >= 0.3 is 0 Å². The molecule has 5 nitrogen and oxygen atoms in total. The second-order valence-corrected chi connectivity index (χ2v) is 6.71. The summed E-state index contributed by atoms with van der Waals surface area (Å²) in [7, 11) is 0. The quantitative estimate of drug-likeness (QED) is 0.939. The number of hydrogen-bond donors (Lipinski definition) is 1. The van der Waals surface area contributed by atoms with E-state index in [2.05, 4.69) is 10.3 Å². The monoisotopic (exact) mass is 333 g/mol. The highest BCUT2D eigenvalue weighted by molar-refractivity contribution is 7.15. The maximum absolute atomic E-state index is 13.8. The van der Waals surface area contributed by atoms with Crippen LogP contribution in [0.5, 0.6) is 0 Å². The van der Waals surface area contributed by atoms with Gasteiger partial charge in [0.25, 0.3) is 0 Å². The number of rotatable bonds is 3. The molecular formula is C16H16FN3O2S. The fraction of sp³-hybridized carbons (Fsp3) is 0.312. The van der Waals surface area contributed by atoms with E-state index in [1.54, 1.807) is 18.2 Å². The van der Waals surface area contributed by atoms with Crippen molar-refractivity contribution in [1.82, 2.24) is 4.98 Å². The van der Waals surface area contributed by atoms with Crippen LogP contribution in [-0.4, -0.2) is 23.3 Å². The lowest BCUT2D eigenvalue weighted by Gasteiger charge is -2.17. The Hall–Kier alpha value is -2.28. The largest absolute Gasteiger partial charge is 0.309 e. The van der Waals surface area contributed by atoms with Crippen LogP contribution in [0.25, 0.3) is 0 Å². The molecule has 23 heavy (non-hydrogen) atoms. The second-order valence-electron chi connectivity index (χ2n) is 5.51. The van der Waals surface area contributed by atoms with Crippen LogP contribution in [0.4, 0.5) is 15.2 Å². The average Bonchev–Trinajstić information content (AvgIpc) is 3.03. The molecule has 0 spiro atoms. The van der Waals surface area contributed by atoms with Gasteiger partial charge in [0.15, 0.2) is 5.13 Å². The van der Waals surface area contributed by atoms with Crippen LogP contribution in [0.15, 0.2) is 24.3 Å². The first kappa shape index (κ1) is 15.6. The molecule has 7 heteroatoms. The summed E-state index contributed by atoms with van der Waals surface area (Å²) in [6.07, 6.45) is 0.0729. The molecule has 1 fully saturated rings. The van der Waals surface area contributed by atoms with Crippen molar-refractivity contribution in [1.29, 1.82) is 0 Å². The molecule has 1 aliphatic heterocycles. The van der Waals surface area contributed by atoms with Gasteiger partial charge in [0, 0.05) is 17.8 Å². The number of hydrogen-bond acceptors (Lipinski definition) is 4. The Labute approximate surface area is 137 Å². The predicted molar refractivity (Wildman–Crippen MR) is 87.1 cm³/mol. The Kier molecular flexibility index (Phi) is 4.12. The zero-order valence-corrected chi connectivity index (χ0v) is 13.6. The molecule has 0 saturated carbocycles. The smallest absolute Gasteiger partial charge is 0.231 e. The van der Waals surface area contributed by atoms with Crippen molar-refractivity contribution in [3.63, 3.8) is 0 Å². The molecule has 120 valence electrons. The van der Waals surface area contributed by atoms with E-state index >= 15 is 0 Å². The van der Waals surface area contributed by atoms with Gasteiger partial charge < -0.3 is 10.2 Å². The Bertz CT molecular complexity index is 755. The lowest BCUT2D eigenvalue weighted by molar-refractivity contribution is -0.122. The number of nitrogens with one attached hydrogen (secondary N) is 1. The summed E-state index contributed by atoms with van der Waals surface area (Å²) in [4.78, 5) is 31.1. The SMILES string of the molecule is Cc1nc(NC(=O)C2CC(=O)N(c3ccccc3F)C2)sc1C. The molecule has 1 aliphatic rings. The summed E-state index contributed by atoms with van der Waals surface area (Å²) in [5.41, 5.74) is 1.09. The third-order valence-electron chi connectivity index (χ3n) is 3.90. The molecule has 1 aromatic carbocycles. The number of benzene rings is 1. The highest BCUT2D eigenvalue weighted by atomic mass is 32.1. The number of para-hydroxylation sites is 1. The van der Waals surface area contributed by atoms with Crippen LogP contribution in [0.1, 0.15) is 17.0 Å². The Balaban J connectivity index is 1.72. The van der Waals surface area contributed by atoms with E-state index in [-0.39, 0.29) is 30.5 Å². The molecule has 2 aromatic rings. The van der Waals surface area contributed by atoms with E-state index in [1.165, 1.54) is 22.3 Å². The molecule has 0 radical (unpaired) electrons. The second kappa shape index (κ2) is 6.08. The Morgan fingerprint density at radius 1 is 1.39 bits per heavy atom. The lowest BCUT2D eigenvalue weighted by Crippen LogP contribution is -2.28. The van der Waals surface area contributed by atoms with Gasteiger partial charge in [-0.3, -0.25) is 9.59 Å². The number of anilines is 2. The normalized spacial score (nSPS) is 17.6. The number of carbonyl (C=O) groups is 2. The Morgan fingerprint density at radius 2 is 2.13 bits per heavy atom. The minimum atomic E-state index is -0.508. The van der Waals surface area contributed by atoms with Crippen LogP contribution in [0.2, 0.25) is 0 Å². The summed E-state index contributed by atoms with van der Waals surface area (Å²) in [5, 5.41) is 3.28. The van der Waals surface area contributed by atoms with Gasteiger partial charge in [-0.05, 0) is 26.0 Å². The topological polar surface area (TPSA) is 62.3 Å². The number of thiazole rings is 1. The van der Waals surface area contributed by atoms with E-state index in [4.69, 9.17) is 0 Å². The van der Waals surface area contributed by atoms with Crippen LogP contribution in [0.3, 0.4) is 0 Å². The van der Waals surface area contributed by atoms with Crippen LogP contribution in [0, 0.1) is 25.6 Å². The summed E-state index contributed by atoms with van der Waals surface area (Å²) in [5.74, 6) is -1.48. The van der Waals surface area contributed by atoms with Crippen molar-refractivity contribution < 1.29 is 14.0 Å². The van der Waals surface area contributed by atoms with E-state index in [1.807, 2.05) is 13.8 Å². The van der Waals surface area contributed by atoms with E-state index in [0.717, 1.165) is 10.6 Å². The summed E-state index contributed by atoms with van der Waals surface area (Å²) < 4.78 is 13.8. The molecule has 1 unspecified atom stereocenters. The molecule has 2 amide bonds. The highest BCUT2D eigenvalue weighted by Crippen LogP contribution is 2.28. The van der Waals surface area contributed by atoms with Gasteiger partial charge in [0.2, 0.25) is 11.8 Å². The third-order valence-corrected chi connectivity index (χ3v) is 4.89. The number of carbonyl (C=O) groups excluding carboxylic acids is 2. The first-order valence-corrected chi connectivity index (χ1v) is 8.07. The minimum absolute atomic E-state index is 0.0729. The zero-order valence-electron chi connectivity index (χ0n) is 12.8. The Morgan fingerprint density at radius 3 is 2.78 bits per heavy atom. The molecule has 2 heterocycles. The van der Waals surface area contributed by atoms with Crippen molar-refractivity contribution in [2.45, 2.75) is 20.3 Å². The molecule has 0 bridgehead atoms. The zero-order chi connectivity index (χ0) is 16.6. The summed E-state index contributed by atoms with van der Waals surface area (Å²) in [6, 6.07) is 6.08. The maximum Gasteiger partial charge on any atom is 0.231 e. The van der Waals surface area contributed by atoms with Gasteiger partial charge in [-0.15, -0.1) is 11.3 Å². The van der Waals surface area contributed by atoms with Crippen LogP contribution in [-0.2, 0) is 9.59 Å². The molecule has 1 N–H and O–H groups in total. The van der Waals surface area contributed by atoms with Gasteiger partial charge in [-0.1, -0.05) is 12.1 Å². The molecule has 1 saturated heterocycles. The fourth-order valence-corrected chi connectivity index (χ4v) is 3.34. The van der Waals surface area contributed by atoms with E-state index in [9.17, 15) is 14.0 Å². The van der Waals surface area contributed by atoms with Gasteiger partial charge in [-0.2, -0.15) is 0 Å². The highest BCUT2D eigenvalue weighted by Gasteiger charge is 2.36. The molecule has 1 atom stereocenters. The molecule has 1 aromatic heterocycles. The third kappa shape index (κ3) is 3.10. The van der Waals surface area contributed by atoms with E-state index < -0.39 is 11.7 Å². The van der Waals surface area contributed by atoms with Crippen LogP contribution < -0.4 is 10.2 Å². The molecule has 0 aliphatic carbocycles. The predicted octanol–water partition coefficient (Wildman–Crippen LogP) is 2.89. The first-order valence-electron chi connectivity index (χ1n) is 7.25.